The minimum absolute atomic E-state index is 0.0163. The summed E-state index contributed by atoms with van der Waals surface area (Å²) < 4.78 is 0. The van der Waals surface area contributed by atoms with Crippen molar-refractivity contribution < 1.29 is 9.59 Å². The molecule has 1 saturated heterocycles. The van der Waals surface area contributed by atoms with Crippen molar-refractivity contribution in [2.45, 2.75) is 26.7 Å². The molecule has 2 aromatic rings. The predicted molar refractivity (Wildman–Crippen MR) is 116 cm³/mol. The first-order valence-corrected chi connectivity index (χ1v) is 10.4. The van der Waals surface area contributed by atoms with E-state index in [0.29, 0.717) is 26.1 Å². The molecule has 5 heteroatoms. The second-order valence-electron chi connectivity index (χ2n) is 7.84. The topological polar surface area (TPSA) is 66.6 Å². The maximum absolute atomic E-state index is 13.2. The summed E-state index contributed by atoms with van der Waals surface area (Å²) in [6, 6.07) is 16.8. The van der Waals surface area contributed by atoms with Gasteiger partial charge >= 0.3 is 0 Å². The van der Waals surface area contributed by atoms with Gasteiger partial charge in [0.1, 0.15) is 0 Å². The fraction of sp³-hybridized carbons (Fsp3) is 0.417. The van der Waals surface area contributed by atoms with E-state index < -0.39 is 0 Å². The van der Waals surface area contributed by atoms with Crippen LogP contribution in [0.3, 0.4) is 0 Å². The number of carbonyl (C=O) groups excluding carboxylic acids is 2. The third-order valence-electron chi connectivity index (χ3n) is 5.52. The average Bonchev–Trinajstić information content (AvgIpc) is 2.88. The van der Waals surface area contributed by atoms with Gasteiger partial charge in [-0.2, -0.15) is 0 Å². The molecule has 1 atom stereocenters. The van der Waals surface area contributed by atoms with Gasteiger partial charge in [-0.25, -0.2) is 0 Å². The molecular weight excluding hydrogens is 362 g/mol. The lowest BCUT2D eigenvalue weighted by Gasteiger charge is -2.24. The SMILES string of the molecule is CCCN1CCN(C(=O)CN)C[C@@H](Cc2cccc(-c3cccc(C)c3)c2)C1=O. The molecule has 0 radical (unpaired) electrons. The number of hydrogen-bond acceptors (Lipinski definition) is 3. The first-order chi connectivity index (χ1) is 14.0. The summed E-state index contributed by atoms with van der Waals surface area (Å²) in [7, 11) is 0. The lowest BCUT2D eigenvalue weighted by Crippen LogP contribution is -2.40. The standard InChI is InChI=1S/C24H31N3O2/c1-3-10-26-11-12-27(23(28)16-25)17-22(24(26)29)15-19-7-5-9-21(14-19)20-8-4-6-18(2)13-20/h4-9,13-14,22H,3,10-12,15-17,25H2,1-2H3/t22-/m1/s1. The summed E-state index contributed by atoms with van der Waals surface area (Å²) in [6.45, 7) is 6.44. The second kappa shape index (κ2) is 9.70. The maximum atomic E-state index is 13.2. The van der Waals surface area contributed by atoms with Gasteiger partial charge in [-0.15, -0.1) is 0 Å². The van der Waals surface area contributed by atoms with Gasteiger partial charge in [0.05, 0.1) is 12.5 Å². The number of rotatable bonds is 6. The van der Waals surface area contributed by atoms with E-state index in [-0.39, 0.29) is 24.3 Å². The van der Waals surface area contributed by atoms with Crippen molar-refractivity contribution >= 4 is 11.8 Å². The van der Waals surface area contributed by atoms with Crippen molar-refractivity contribution in [3.05, 3.63) is 59.7 Å². The molecule has 2 aromatic carbocycles. The number of hydrogen-bond donors (Lipinski definition) is 1. The van der Waals surface area contributed by atoms with Crippen LogP contribution in [0.1, 0.15) is 24.5 Å². The van der Waals surface area contributed by atoms with Crippen LogP contribution < -0.4 is 5.73 Å². The smallest absolute Gasteiger partial charge is 0.236 e. The van der Waals surface area contributed by atoms with Crippen LogP contribution in [0.2, 0.25) is 0 Å². The molecule has 2 N–H and O–H groups in total. The molecule has 0 bridgehead atoms. The number of nitrogens with two attached hydrogens (primary N) is 1. The number of carbonyl (C=O) groups is 2. The van der Waals surface area contributed by atoms with Gasteiger partial charge in [0.25, 0.3) is 0 Å². The molecule has 0 spiro atoms. The fourth-order valence-corrected chi connectivity index (χ4v) is 4.03. The molecule has 1 heterocycles. The van der Waals surface area contributed by atoms with Crippen molar-refractivity contribution in [1.82, 2.24) is 9.80 Å². The normalized spacial score (nSPS) is 17.3. The number of benzene rings is 2. The maximum Gasteiger partial charge on any atom is 0.236 e. The number of amides is 2. The van der Waals surface area contributed by atoms with Crippen molar-refractivity contribution in [3.8, 4) is 11.1 Å². The van der Waals surface area contributed by atoms with Gasteiger partial charge in [-0.1, -0.05) is 61.0 Å². The Morgan fingerprint density at radius 1 is 1.10 bits per heavy atom. The van der Waals surface area contributed by atoms with Crippen LogP contribution in [0.15, 0.2) is 48.5 Å². The van der Waals surface area contributed by atoms with Gasteiger partial charge < -0.3 is 15.5 Å². The van der Waals surface area contributed by atoms with E-state index in [1.165, 1.54) is 11.1 Å². The minimum atomic E-state index is -0.243. The highest BCUT2D eigenvalue weighted by atomic mass is 16.2. The third kappa shape index (κ3) is 5.24. The summed E-state index contributed by atoms with van der Waals surface area (Å²) in [5.41, 5.74) is 10.2. The summed E-state index contributed by atoms with van der Waals surface area (Å²) >= 11 is 0. The van der Waals surface area contributed by atoms with Gasteiger partial charge in [-0.3, -0.25) is 9.59 Å². The second-order valence-corrected chi connectivity index (χ2v) is 7.84. The molecular formula is C24H31N3O2. The lowest BCUT2D eigenvalue weighted by atomic mass is 9.94. The van der Waals surface area contributed by atoms with Crippen molar-refractivity contribution in [2.75, 3.05) is 32.7 Å². The summed E-state index contributed by atoms with van der Waals surface area (Å²) in [5.74, 6) is -0.193. The highest BCUT2D eigenvalue weighted by Crippen LogP contribution is 2.24. The molecule has 0 saturated carbocycles. The van der Waals surface area contributed by atoms with Crippen LogP contribution in [0.25, 0.3) is 11.1 Å². The van der Waals surface area contributed by atoms with E-state index in [1.54, 1.807) is 4.90 Å². The Balaban J connectivity index is 1.84. The molecule has 0 aliphatic carbocycles. The fourth-order valence-electron chi connectivity index (χ4n) is 4.03. The molecule has 0 aromatic heterocycles. The van der Waals surface area contributed by atoms with E-state index in [9.17, 15) is 9.59 Å². The van der Waals surface area contributed by atoms with Crippen molar-refractivity contribution in [3.63, 3.8) is 0 Å². The van der Waals surface area contributed by atoms with E-state index >= 15 is 0 Å². The van der Waals surface area contributed by atoms with Gasteiger partial charge in [0, 0.05) is 26.2 Å². The van der Waals surface area contributed by atoms with E-state index in [4.69, 9.17) is 5.73 Å². The molecule has 2 amide bonds. The molecule has 29 heavy (non-hydrogen) atoms. The Kier molecular flexibility index (Phi) is 7.04. The first-order valence-electron chi connectivity index (χ1n) is 10.4. The zero-order valence-electron chi connectivity index (χ0n) is 17.4. The van der Waals surface area contributed by atoms with Crippen LogP contribution in [-0.4, -0.2) is 54.3 Å². The molecule has 1 aliphatic heterocycles. The highest BCUT2D eigenvalue weighted by molar-refractivity contribution is 5.83. The summed E-state index contributed by atoms with van der Waals surface area (Å²) in [5, 5.41) is 0. The van der Waals surface area contributed by atoms with Crippen molar-refractivity contribution in [2.24, 2.45) is 11.7 Å². The molecule has 3 rings (SSSR count). The Hall–Kier alpha value is -2.66. The Morgan fingerprint density at radius 2 is 1.83 bits per heavy atom. The Labute approximate surface area is 173 Å². The zero-order chi connectivity index (χ0) is 20.8. The monoisotopic (exact) mass is 393 g/mol. The van der Waals surface area contributed by atoms with E-state index in [1.807, 2.05) is 11.0 Å². The molecule has 1 fully saturated rings. The van der Waals surface area contributed by atoms with E-state index in [0.717, 1.165) is 24.1 Å². The van der Waals surface area contributed by atoms with Crippen LogP contribution in [0.5, 0.6) is 0 Å². The van der Waals surface area contributed by atoms with Crippen molar-refractivity contribution in [1.29, 1.82) is 0 Å². The number of aryl methyl sites for hydroxylation is 1. The lowest BCUT2D eigenvalue weighted by molar-refractivity contribution is -0.134. The highest BCUT2D eigenvalue weighted by Gasteiger charge is 2.31. The van der Waals surface area contributed by atoms with E-state index in [2.05, 4.69) is 56.3 Å². The van der Waals surface area contributed by atoms with Gasteiger partial charge in [0.15, 0.2) is 0 Å². The molecule has 5 nitrogen and oxygen atoms in total. The van der Waals surface area contributed by atoms with Crippen LogP contribution in [0.4, 0.5) is 0 Å². The third-order valence-corrected chi connectivity index (χ3v) is 5.52. The Bertz CT molecular complexity index is 865. The zero-order valence-corrected chi connectivity index (χ0v) is 17.4. The summed E-state index contributed by atoms with van der Waals surface area (Å²) in [4.78, 5) is 29.0. The molecule has 0 unspecified atom stereocenters. The average molecular weight is 394 g/mol. The Morgan fingerprint density at radius 3 is 2.52 bits per heavy atom. The summed E-state index contributed by atoms with van der Waals surface area (Å²) in [6.07, 6.45) is 1.53. The van der Waals surface area contributed by atoms with Crippen LogP contribution >= 0.6 is 0 Å². The predicted octanol–water partition coefficient (Wildman–Crippen LogP) is 2.86. The molecule has 1 aliphatic rings. The van der Waals surface area contributed by atoms with Gasteiger partial charge in [0.2, 0.25) is 11.8 Å². The number of nitrogens with zero attached hydrogens (tertiary/aromatic N) is 2. The first kappa shape index (κ1) is 21.1. The minimum Gasteiger partial charge on any atom is -0.341 e. The van der Waals surface area contributed by atoms with Gasteiger partial charge in [-0.05, 0) is 36.5 Å². The molecule has 154 valence electrons. The largest absolute Gasteiger partial charge is 0.341 e. The quantitative estimate of drug-likeness (QED) is 0.821. The van der Waals surface area contributed by atoms with Crippen LogP contribution in [0, 0.1) is 12.8 Å². The van der Waals surface area contributed by atoms with Crippen LogP contribution in [-0.2, 0) is 16.0 Å².